The van der Waals surface area contributed by atoms with E-state index >= 15 is 0 Å². The fourth-order valence-corrected chi connectivity index (χ4v) is 3.94. The summed E-state index contributed by atoms with van der Waals surface area (Å²) in [5.41, 5.74) is 3.58. The van der Waals surface area contributed by atoms with E-state index in [4.69, 9.17) is 4.74 Å². The number of carbonyl (C=O) groups excluding carboxylic acids is 2. The zero-order valence-electron chi connectivity index (χ0n) is 15.7. The van der Waals surface area contributed by atoms with E-state index in [2.05, 4.69) is 17.4 Å². The number of hydrogen-bond donors (Lipinski definition) is 1. The molecule has 3 amide bonds. The van der Waals surface area contributed by atoms with E-state index in [-0.39, 0.29) is 25.1 Å². The molecule has 2 aliphatic rings. The van der Waals surface area contributed by atoms with Crippen molar-refractivity contribution in [2.75, 3.05) is 13.2 Å². The molecule has 4 rings (SSSR count). The number of imide groups is 1. The topological polar surface area (TPSA) is 58.6 Å². The molecule has 27 heavy (non-hydrogen) atoms. The van der Waals surface area contributed by atoms with Crippen LogP contribution in [0.5, 0.6) is 5.75 Å². The summed E-state index contributed by atoms with van der Waals surface area (Å²) in [5.74, 6) is 0.515. The van der Waals surface area contributed by atoms with E-state index in [1.54, 1.807) is 6.92 Å². The Hall–Kier alpha value is -2.82. The van der Waals surface area contributed by atoms with Crippen molar-refractivity contribution < 1.29 is 14.3 Å². The van der Waals surface area contributed by atoms with Crippen molar-refractivity contribution in [1.82, 2.24) is 10.2 Å². The van der Waals surface area contributed by atoms with Crippen molar-refractivity contribution in [3.8, 4) is 5.75 Å². The molecule has 0 bridgehead atoms. The first-order valence-electron chi connectivity index (χ1n) is 9.43. The minimum atomic E-state index is -1.02. The first kappa shape index (κ1) is 17.6. The lowest BCUT2D eigenvalue weighted by Gasteiger charge is -2.23. The van der Waals surface area contributed by atoms with Crippen LogP contribution >= 0.6 is 0 Å². The lowest BCUT2D eigenvalue weighted by Crippen LogP contribution is -2.41. The number of ether oxygens (including phenoxy) is 1. The number of nitrogens with one attached hydrogen (secondary N) is 1. The van der Waals surface area contributed by atoms with Gasteiger partial charge in [-0.25, -0.2) is 4.79 Å². The highest BCUT2D eigenvalue weighted by molar-refractivity contribution is 6.07. The summed E-state index contributed by atoms with van der Waals surface area (Å²) < 4.78 is 5.71. The van der Waals surface area contributed by atoms with Gasteiger partial charge in [0.05, 0.1) is 6.54 Å². The zero-order chi connectivity index (χ0) is 19.0. The average molecular weight is 364 g/mol. The number of carbonyl (C=O) groups is 2. The molecule has 0 spiro atoms. The van der Waals surface area contributed by atoms with Crippen LogP contribution < -0.4 is 10.1 Å². The van der Waals surface area contributed by atoms with Gasteiger partial charge < -0.3 is 10.1 Å². The van der Waals surface area contributed by atoms with Crippen molar-refractivity contribution >= 4 is 11.9 Å². The van der Waals surface area contributed by atoms with Gasteiger partial charge in [0.25, 0.3) is 5.91 Å². The van der Waals surface area contributed by atoms with Crippen molar-refractivity contribution in [2.24, 2.45) is 0 Å². The van der Waals surface area contributed by atoms with E-state index in [1.165, 1.54) is 16.0 Å². The van der Waals surface area contributed by atoms with Crippen LogP contribution in [0.15, 0.2) is 42.5 Å². The van der Waals surface area contributed by atoms with Gasteiger partial charge in [0.2, 0.25) is 0 Å². The third kappa shape index (κ3) is 3.18. The number of rotatable bonds is 5. The SMILES string of the molecule is Cc1cccc(OCCN2C(=O)NC(C)(c3ccc4c(c3)CCC4)C2=O)c1. The first-order valence-corrected chi connectivity index (χ1v) is 9.43. The van der Waals surface area contributed by atoms with Crippen LogP contribution in [0, 0.1) is 6.92 Å². The Balaban J connectivity index is 1.46. The van der Waals surface area contributed by atoms with Gasteiger partial charge in [-0.3, -0.25) is 9.69 Å². The third-order valence-corrected chi connectivity index (χ3v) is 5.52. The Morgan fingerprint density at radius 3 is 2.74 bits per heavy atom. The van der Waals surface area contributed by atoms with Crippen LogP contribution in [0.3, 0.4) is 0 Å². The maximum absolute atomic E-state index is 13.0. The minimum absolute atomic E-state index is 0.221. The predicted octanol–water partition coefficient (Wildman–Crippen LogP) is 3.33. The Bertz CT molecular complexity index is 908. The minimum Gasteiger partial charge on any atom is -0.492 e. The van der Waals surface area contributed by atoms with E-state index in [0.717, 1.165) is 36.1 Å². The third-order valence-electron chi connectivity index (χ3n) is 5.52. The second-order valence-corrected chi connectivity index (χ2v) is 7.51. The molecule has 1 unspecified atom stereocenters. The predicted molar refractivity (Wildman–Crippen MR) is 103 cm³/mol. The number of aryl methyl sites for hydroxylation is 3. The number of nitrogens with zero attached hydrogens (tertiary/aromatic N) is 1. The van der Waals surface area contributed by atoms with E-state index < -0.39 is 5.54 Å². The zero-order valence-corrected chi connectivity index (χ0v) is 15.7. The number of benzene rings is 2. The molecule has 1 aliphatic carbocycles. The standard InChI is InChI=1S/C22H24N2O3/c1-15-5-3-8-19(13-15)27-12-11-24-20(25)22(2,23-21(24)26)18-10-9-16-6-4-7-17(16)14-18/h3,5,8-10,13-14H,4,6-7,11-12H2,1-2H3,(H,23,26). The van der Waals surface area contributed by atoms with Gasteiger partial charge in [0, 0.05) is 0 Å². The summed E-state index contributed by atoms with van der Waals surface area (Å²) in [6, 6.07) is 13.5. The van der Waals surface area contributed by atoms with Gasteiger partial charge in [0.1, 0.15) is 17.9 Å². The summed E-state index contributed by atoms with van der Waals surface area (Å²) in [6.45, 7) is 4.26. The second kappa shape index (κ2) is 6.72. The molecule has 0 saturated carbocycles. The lowest BCUT2D eigenvalue weighted by atomic mass is 9.90. The van der Waals surface area contributed by atoms with Gasteiger partial charge in [0.15, 0.2) is 0 Å². The highest BCUT2D eigenvalue weighted by Gasteiger charge is 2.49. The molecule has 2 aromatic carbocycles. The molecule has 5 nitrogen and oxygen atoms in total. The summed E-state index contributed by atoms with van der Waals surface area (Å²) in [5, 5.41) is 2.88. The quantitative estimate of drug-likeness (QED) is 0.828. The second-order valence-electron chi connectivity index (χ2n) is 7.51. The number of amides is 3. The van der Waals surface area contributed by atoms with Gasteiger partial charge in [-0.1, -0.05) is 30.3 Å². The summed E-state index contributed by atoms with van der Waals surface area (Å²) >= 11 is 0. The van der Waals surface area contributed by atoms with Gasteiger partial charge in [-0.05, 0) is 67.5 Å². The van der Waals surface area contributed by atoms with E-state index in [9.17, 15) is 9.59 Å². The van der Waals surface area contributed by atoms with Crippen LogP contribution in [0.25, 0.3) is 0 Å². The smallest absolute Gasteiger partial charge is 0.325 e. The van der Waals surface area contributed by atoms with Gasteiger partial charge in [-0.15, -0.1) is 0 Å². The fourth-order valence-electron chi connectivity index (χ4n) is 3.94. The summed E-state index contributed by atoms with van der Waals surface area (Å²) in [4.78, 5) is 26.7. The van der Waals surface area contributed by atoms with Crippen molar-refractivity contribution in [1.29, 1.82) is 0 Å². The van der Waals surface area contributed by atoms with Gasteiger partial charge >= 0.3 is 6.03 Å². The van der Waals surface area contributed by atoms with Crippen LogP contribution in [0.4, 0.5) is 4.79 Å². The highest BCUT2D eigenvalue weighted by Crippen LogP contribution is 2.32. The number of hydrogen-bond acceptors (Lipinski definition) is 3. The maximum atomic E-state index is 13.0. The van der Waals surface area contributed by atoms with Crippen LogP contribution in [0.2, 0.25) is 0 Å². The Labute approximate surface area is 159 Å². The maximum Gasteiger partial charge on any atom is 0.325 e. The van der Waals surface area contributed by atoms with Crippen molar-refractivity contribution in [3.63, 3.8) is 0 Å². The molecule has 1 N–H and O–H groups in total. The molecule has 1 fully saturated rings. The molecule has 140 valence electrons. The molecule has 1 aliphatic heterocycles. The Morgan fingerprint density at radius 2 is 1.93 bits per heavy atom. The van der Waals surface area contributed by atoms with E-state index in [0.29, 0.717) is 0 Å². The largest absolute Gasteiger partial charge is 0.492 e. The van der Waals surface area contributed by atoms with Crippen molar-refractivity contribution in [3.05, 3.63) is 64.7 Å². The van der Waals surface area contributed by atoms with Crippen LogP contribution in [-0.4, -0.2) is 30.0 Å². The van der Waals surface area contributed by atoms with Crippen LogP contribution in [0.1, 0.15) is 35.6 Å². The lowest BCUT2D eigenvalue weighted by molar-refractivity contribution is -0.131. The molecule has 2 aromatic rings. The number of fused-ring (bicyclic) bond motifs is 1. The molecule has 5 heteroatoms. The van der Waals surface area contributed by atoms with E-state index in [1.807, 2.05) is 37.3 Å². The molecule has 1 atom stereocenters. The molecule has 1 saturated heterocycles. The summed E-state index contributed by atoms with van der Waals surface area (Å²) in [6.07, 6.45) is 3.28. The monoisotopic (exact) mass is 364 g/mol. The highest BCUT2D eigenvalue weighted by atomic mass is 16.5. The number of urea groups is 1. The Kier molecular flexibility index (Phi) is 4.38. The summed E-state index contributed by atoms with van der Waals surface area (Å²) in [7, 11) is 0. The van der Waals surface area contributed by atoms with Crippen molar-refractivity contribution in [2.45, 2.75) is 38.6 Å². The fraction of sp³-hybridized carbons (Fsp3) is 0.364. The van der Waals surface area contributed by atoms with Gasteiger partial charge in [-0.2, -0.15) is 0 Å². The molecular formula is C22H24N2O3. The average Bonchev–Trinajstić information content (AvgIpc) is 3.20. The van der Waals surface area contributed by atoms with Crippen LogP contribution in [-0.2, 0) is 23.2 Å². The molecule has 0 radical (unpaired) electrons. The molecule has 0 aromatic heterocycles. The normalized spacial score (nSPS) is 21.3. The molecule has 1 heterocycles. The molecular weight excluding hydrogens is 340 g/mol. The first-order chi connectivity index (χ1) is 13.0. The Morgan fingerprint density at radius 1 is 1.11 bits per heavy atom.